The minimum Gasteiger partial charge on any atom is -0.293 e. The number of hydrogen-bond donors (Lipinski definition) is 0. The van der Waals surface area contributed by atoms with E-state index < -0.39 is 189 Å². The Hall–Kier alpha value is -6.07. The van der Waals surface area contributed by atoms with Gasteiger partial charge in [-0.2, -0.15) is 0 Å². The first-order chi connectivity index (χ1) is 31.0. The molecule has 5 nitrogen and oxygen atoms in total. The molecule has 4 aromatic heterocycles. The highest BCUT2D eigenvalue weighted by Crippen LogP contribution is 2.37. The maximum atomic E-state index is 9.70. The smallest absolute Gasteiger partial charge is 0.235 e. The van der Waals surface area contributed by atoms with E-state index >= 15 is 0 Å². The van der Waals surface area contributed by atoms with Crippen LogP contribution < -0.4 is 0 Å². The molecular weight excluding hydrogens is 538 g/mol. The Balaban J connectivity index is 1.59. The van der Waals surface area contributed by atoms with Gasteiger partial charge in [-0.1, -0.05) is 103 Å². The lowest BCUT2D eigenvalue weighted by atomic mass is 10.1. The van der Waals surface area contributed by atoms with Crippen molar-refractivity contribution in [3.63, 3.8) is 0 Å². The first-order valence-corrected chi connectivity index (χ1v) is 12.9. The van der Waals surface area contributed by atoms with Gasteiger partial charge in [0.1, 0.15) is 5.65 Å². The SMILES string of the molecule is [2H]c1c(-c2c([2H])c([2H])c([2H])c([2H])c2[2H])nc(-n2c3c([2H])c([2H])c([2H])c([2H])c3c3c([2H])c([2H])c([2H])c([2H])c32)nc1-c1c([2H])c([2H])c([2H])c([2H])c1-n1c2ncccc2c2c([2H])c([2H])c([2H])c([2H])c21. The molecule has 4 heterocycles. The normalized spacial score (nSPS) is 18.6. The molecule has 0 aliphatic carbocycles. The largest absolute Gasteiger partial charge is 0.293 e. The summed E-state index contributed by atoms with van der Waals surface area (Å²) in [5.41, 5.74) is -5.15. The van der Waals surface area contributed by atoms with Crippen LogP contribution in [0.1, 0.15) is 30.2 Å². The lowest BCUT2D eigenvalue weighted by Crippen LogP contribution is -2.05. The van der Waals surface area contributed by atoms with E-state index in [0.717, 1.165) is 9.13 Å². The number of rotatable bonds is 4. The molecule has 0 spiro atoms. The van der Waals surface area contributed by atoms with Gasteiger partial charge >= 0.3 is 0 Å². The molecule has 0 saturated heterocycles. The Labute approximate surface area is 284 Å². The third kappa shape index (κ3) is 3.69. The van der Waals surface area contributed by atoms with E-state index in [-0.39, 0.29) is 21.9 Å². The lowest BCUT2D eigenvalue weighted by Gasteiger charge is -2.15. The van der Waals surface area contributed by atoms with Gasteiger partial charge < -0.3 is 0 Å². The van der Waals surface area contributed by atoms with Gasteiger partial charge in [0.05, 0.1) is 63.8 Å². The monoisotopic (exact) mass is 585 g/mol. The molecule has 0 amide bonds. The van der Waals surface area contributed by atoms with Crippen LogP contribution in [-0.2, 0) is 0 Å². The molecular formula is C39H25N5. The third-order valence-electron chi connectivity index (χ3n) is 6.92. The summed E-state index contributed by atoms with van der Waals surface area (Å²) in [4.78, 5) is 13.5. The summed E-state index contributed by atoms with van der Waals surface area (Å²) in [5.74, 6) is -0.821. The molecule has 0 fully saturated rings. The number of nitrogens with zero attached hydrogens (tertiary/aromatic N) is 5. The molecule has 44 heavy (non-hydrogen) atoms. The van der Waals surface area contributed by atoms with E-state index in [2.05, 4.69) is 15.0 Å². The highest BCUT2D eigenvalue weighted by molar-refractivity contribution is 6.09. The Bertz CT molecular complexity index is 3640. The van der Waals surface area contributed by atoms with Gasteiger partial charge in [0.2, 0.25) is 5.95 Å². The minimum atomic E-state index is -0.941. The molecule has 0 bridgehead atoms. The standard InChI is InChI=1S/C39H25N5/c1-2-13-26(14-3-1)32-25-33(42-39(41-32)44-35-21-9-4-15-27(35)28-16-5-10-22-36(28)44)31-18-7-11-23-37(31)43-34-20-8-6-17-29(34)30-19-12-24-40-38(30)43/h1-25H/i1D,2D,3D,4D,5D,6D,7D,8D,9D,10D,11D,13D,14D,15D,16D,17D,18D,20D,21D,22D,23D,25D. The number of para-hydroxylation sites is 4. The zero-order valence-electron chi connectivity index (χ0n) is 44.0. The minimum absolute atomic E-state index is 0.106. The summed E-state index contributed by atoms with van der Waals surface area (Å²) in [5, 5.41) is -0.855. The number of fused-ring (bicyclic) bond motifs is 6. The highest BCUT2D eigenvalue weighted by atomic mass is 15.2. The van der Waals surface area contributed by atoms with E-state index in [4.69, 9.17) is 26.0 Å². The summed E-state index contributed by atoms with van der Waals surface area (Å²) < 4.78 is 196. The topological polar surface area (TPSA) is 48.5 Å². The highest BCUT2D eigenvalue weighted by Gasteiger charge is 2.20. The summed E-state index contributed by atoms with van der Waals surface area (Å²) in [7, 11) is 0. The molecule has 0 unspecified atom stereocenters. The first-order valence-electron chi connectivity index (χ1n) is 23.9. The number of aromatic nitrogens is 5. The van der Waals surface area contributed by atoms with Crippen LogP contribution in [0.4, 0.5) is 0 Å². The zero-order valence-corrected chi connectivity index (χ0v) is 22.0. The van der Waals surface area contributed by atoms with Crippen LogP contribution in [0.3, 0.4) is 0 Å². The second kappa shape index (κ2) is 9.75. The van der Waals surface area contributed by atoms with Crippen LogP contribution in [0.5, 0.6) is 0 Å². The van der Waals surface area contributed by atoms with Crippen LogP contribution >= 0.6 is 0 Å². The molecule has 5 heteroatoms. The second-order valence-corrected chi connectivity index (χ2v) is 9.29. The molecule has 5 aromatic carbocycles. The third-order valence-corrected chi connectivity index (χ3v) is 6.92. The molecule has 0 aliphatic rings. The van der Waals surface area contributed by atoms with Gasteiger partial charge in [-0.05, 0) is 42.3 Å². The van der Waals surface area contributed by atoms with Crippen molar-refractivity contribution in [1.82, 2.24) is 24.1 Å². The molecule has 9 rings (SSSR count). The number of benzene rings is 5. The summed E-state index contributed by atoms with van der Waals surface area (Å²) in [6.07, 6.45) is 1.29. The van der Waals surface area contributed by atoms with E-state index in [9.17, 15) is 4.11 Å². The van der Waals surface area contributed by atoms with Crippen molar-refractivity contribution in [2.45, 2.75) is 0 Å². The second-order valence-electron chi connectivity index (χ2n) is 9.29. The predicted octanol–water partition coefficient (Wildman–Crippen LogP) is 9.40. The van der Waals surface area contributed by atoms with E-state index in [1.54, 1.807) is 0 Å². The van der Waals surface area contributed by atoms with Gasteiger partial charge in [-0.25, -0.2) is 15.0 Å². The van der Waals surface area contributed by atoms with Crippen LogP contribution in [0, 0.1) is 0 Å². The van der Waals surface area contributed by atoms with Crippen molar-refractivity contribution in [3.8, 4) is 34.2 Å². The van der Waals surface area contributed by atoms with Crippen molar-refractivity contribution in [3.05, 3.63) is 151 Å². The van der Waals surface area contributed by atoms with Crippen LogP contribution in [0.2, 0.25) is 0 Å². The molecule has 0 N–H and O–H groups in total. The van der Waals surface area contributed by atoms with Gasteiger partial charge in [-0.3, -0.25) is 9.13 Å². The van der Waals surface area contributed by atoms with Crippen molar-refractivity contribution in [2.75, 3.05) is 0 Å². The number of hydrogen-bond acceptors (Lipinski definition) is 3. The summed E-state index contributed by atoms with van der Waals surface area (Å²) in [6, 6.07) is -14.9. The molecule has 9 aromatic rings. The Morgan fingerprint density at radius 1 is 0.523 bits per heavy atom. The van der Waals surface area contributed by atoms with E-state index in [1.165, 1.54) is 18.3 Å². The van der Waals surface area contributed by atoms with Gasteiger partial charge in [0.15, 0.2) is 0 Å². The summed E-state index contributed by atoms with van der Waals surface area (Å²) >= 11 is 0. The van der Waals surface area contributed by atoms with Gasteiger partial charge in [-0.15, -0.1) is 0 Å². The first kappa shape index (κ1) is 11.2. The van der Waals surface area contributed by atoms with Gasteiger partial charge in [0.25, 0.3) is 0 Å². The molecule has 0 aliphatic heterocycles. The molecule has 206 valence electrons. The van der Waals surface area contributed by atoms with Gasteiger partial charge in [0, 0.05) is 38.9 Å². The predicted molar refractivity (Wildman–Crippen MR) is 179 cm³/mol. The average Bonchev–Trinajstić information content (AvgIpc) is 3.84. The zero-order chi connectivity index (χ0) is 48.2. The number of pyridine rings is 1. The Morgan fingerprint density at radius 2 is 1.09 bits per heavy atom. The quantitative estimate of drug-likeness (QED) is 0.207. The van der Waals surface area contributed by atoms with Crippen molar-refractivity contribution in [2.24, 2.45) is 0 Å². The van der Waals surface area contributed by atoms with E-state index in [1.807, 2.05) is 0 Å². The Kier molecular flexibility index (Phi) is 2.48. The maximum Gasteiger partial charge on any atom is 0.235 e. The van der Waals surface area contributed by atoms with Crippen LogP contribution in [0.15, 0.2) is 151 Å². The van der Waals surface area contributed by atoms with Crippen LogP contribution in [0.25, 0.3) is 77.9 Å². The van der Waals surface area contributed by atoms with Crippen molar-refractivity contribution < 1.29 is 30.2 Å². The van der Waals surface area contributed by atoms with Crippen LogP contribution in [-0.4, -0.2) is 24.1 Å². The molecule has 0 radical (unpaired) electrons. The maximum absolute atomic E-state index is 9.70. The fourth-order valence-electron chi connectivity index (χ4n) is 5.13. The van der Waals surface area contributed by atoms with E-state index in [0.29, 0.717) is 0 Å². The fourth-order valence-corrected chi connectivity index (χ4v) is 5.13. The van der Waals surface area contributed by atoms with Crippen molar-refractivity contribution in [1.29, 1.82) is 0 Å². The average molecular weight is 586 g/mol. The summed E-state index contributed by atoms with van der Waals surface area (Å²) in [6.45, 7) is 0. The lowest BCUT2D eigenvalue weighted by molar-refractivity contribution is 0.994. The fraction of sp³-hybridized carbons (Fsp3) is 0. The molecule has 0 saturated carbocycles. The Morgan fingerprint density at radius 3 is 1.82 bits per heavy atom. The van der Waals surface area contributed by atoms with Crippen molar-refractivity contribution >= 4 is 43.7 Å². The molecule has 0 atom stereocenters.